The molecule has 0 spiro atoms. The normalized spacial score (nSPS) is 13.7. The zero-order valence-electron chi connectivity index (χ0n) is 12.5. The van der Waals surface area contributed by atoms with Crippen molar-refractivity contribution < 1.29 is 4.79 Å². The van der Waals surface area contributed by atoms with Gasteiger partial charge in [0.25, 0.3) is 0 Å². The summed E-state index contributed by atoms with van der Waals surface area (Å²) in [7, 11) is 0. The number of carbonyl (C=O) groups is 1. The van der Waals surface area contributed by atoms with Crippen LogP contribution in [0.3, 0.4) is 0 Å². The van der Waals surface area contributed by atoms with E-state index in [1.165, 1.54) is 18.5 Å². The molecule has 0 saturated heterocycles. The zero-order valence-corrected chi connectivity index (χ0v) is 13.3. The number of amides is 1. The molecule has 0 aliphatic carbocycles. The SMILES string of the molecule is O=C(CCl)N(Cc1ccccc1)Cc1cc2n(n1)CCCC2. The van der Waals surface area contributed by atoms with Gasteiger partial charge < -0.3 is 4.90 Å². The van der Waals surface area contributed by atoms with Crippen LogP contribution in [0.4, 0.5) is 0 Å². The summed E-state index contributed by atoms with van der Waals surface area (Å²) in [4.78, 5) is 13.9. The number of fused-ring (bicyclic) bond motifs is 1. The molecule has 2 aromatic rings. The van der Waals surface area contributed by atoms with Gasteiger partial charge in [0.05, 0.1) is 12.2 Å². The molecule has 1 aliphatic heterocycles. The summed E-state index contributed by atoms with van der Waals surface area (Å²) in [5.74, 6) is -0.0584. The van der Waals surface area contributed by atoms with Crippen molar-refractivity contribution in [2.24, 2.45) is 0 Å². The third-order valence-electron chi connectivity index (χ3n) is 4.00. The minimum atomic E-state index is -0.0588. The Balaban J connectivity index is 1.75. The standard InChI is InChI=1S/C17H20ClN3O/c18-11-17(22)20(12-14-6-2-1-3-7-14)13-15-10-16-8-4-5-9-21(16)19-15/h1-3,6-7,10H,4-5,8-9,11-13H2. The van der Waals surface area contributed by atoms with Crippen molar-refractivity contribution in [3.8, 4) is 0 Å². The number of hydrogen-bond acceptors (Lipinski definition) is 2. The van der Waals surface area contributed by atoms with E-state index in [0.717, 1.165) is 24.2 Å². The highest BCUT2D eigenvalue weighted by Crippen LogP contribution is 2.17. The summed E-state index contributed by atoms with van der Waals surface area (Å²) < 4.78 is 2.07. The Hall–Kier alpha value is -1.81. The minimum Gasteiger partial charge on any atom is -0.331 e. The van der Waals surface area contributed by atoms with E-state index in [1.54, 1.807) is 4.90 Å². The number of nitrogens with zero attached hydrogens (tertiary/aromatic N) is 3. The van der Waals surface area contributed by atoms with E-state index in [1.807, 2.05) is 30.3 Å². The monoisotopic (exact) mass is 317 g/mol. The number of benzene rings is 1. The second kappa shape index (κ2) is 6.97. The molecule has 0 atom stereocenters. The molecule has 22 heavy (non-hydrogen) atoms. The summed E-state index contributed by atoms with van der Waals surface area (Å²) in [5, 5.41) is 4.63. The molecule has 1 amide bonds. The van der Waals surface area contributed by atoms with Gasteiger partial charge in [-0.05, 0) is 30.9 Å². The molecule has 1 aromatic carbocycles. The lowest BCUT2D eigenvalue weighted by atomic mass is 10.1. The minimum absolute atomic E-state index is 0.000396. The lowest BCUT2D eigenvalue weighted by Crippen LogP contribution is -2.31. The molecule has 3 rings (SSSR count). The average Bonchev–Trinajstić information content (AvgIpc) is 2.97. The van der Waals surface area contributed by atoms with Gasteiger partial charge in [-0.15, -0.1) is 11.6 Å². The van der Waals surface area contributed by atoms with Crippen LogP contribution in [0.1, 0.15) is 29.8 Å². The van der Waals surface area contributed by atoms with Crippen molar-refractivity contribution in [3.63, 3.8) is 0 Å². The fourth-order valence-electron chi connectivity index (χ4n) is 2.87. The maximum atomic E-state index is 12.1. The van der Waals surface area contributed by atoms with Gasteiger partial charge in [0.1, 0.15) is 5.88 Å². The van der Waals surface area contributed by atoms with Crippen LogP contribution < -0.4 is 0 Å². The van der Waals surface area contributed by atoms with Crippen LogP contribution in [0.25, 0.3) is 0 Å². The van der Waals surface area contributed by atoms with Crippen molar-refractivity contribution in [2.45, 2.75) is 38.9 Å². The smallest absolute Gasteiger partial charge is 0.238 e. The van der Waals surface area contributed by atoms with Gasteiger partial charge in [0.2, 0.25) is 5.91 Å². The molecule has 1 aliphatic rings. The molecule has 5 heteroatoms. The van der Waals surface area contributed by atoms with E-state index in [4.69, 9.17) is 11.6 Å². The molecule has 0 N–H and O–H groups in total. The summed E-state index contributed by atoms with van der Waals surface area (Å²) >= 11 is 5.76. The number of halogens is 1. The van der Waals surface area contributed by atoms with E-state index in [0.29, 0.717) is 13.1 Å². The van der Waals surface area contributed by atoms with Crippen LogP contribution in [0, 0.1) is 0 Å². The maximum absolute atomic E-state index is 12.1. The molecule has 0 bridgehead atoms. The van der Waals surface area contributed by atoms with Crippen LogP contribution in [-0.4, -0.2) is 26.5 Å². The Morgan fingerprint density at radius 2 is 2.05 bits per heavy atom. The Kier molecular flexibility index (Phi) is 4.78. The highest BCUT2D eigenvalue weighted by molar-refractivity contribution is 6.27. The van der Waals surface area contributed by atoms with Gasteiger partial charge >= 0.3 is 0 Å². The fourth-order valence-corrected chi connectivity index (χ4v) is 3.04. The average molecular weight is 318 g/mol. The predicted octanol–water partition coefficient (Wildman–Crippen LogP) is 2.99. The van der Waals surface area contributed by atoms with Crippen molar-refractivity contribution in [3.05, 3.63) is 53.3 Å². The Labute approximate surface area is 135 Å². The molecule has 0 saturated carbocycles. The highest BCUT2D eigenvalue weighted by Gasteiger charge is 2.17. The van der Waals surface area contributed by atoms with Gasteiger partial charge in [-0.2, -0.15) is 5.10 Å². The van der Waals surface area contributed by atoms with Gasteiger partial charge in [-0.3, -0.25) is 9.48 Å². The first-order valence-electron chi connectivity index (χ1n) is 7.69. The van der Waals surface area contributed by atoms with Gasteiger partial charge in [-0.1, -0.05) is 30.3 Å². The second-order valence-corrected chi connectivity index (χ2v) is 5.94. The predicted molar refractivity (Wildman–Crippen MR) is 86.6 cm³/mol. The van der Waals surface area contributed by atoms with Crippen molar-refractivity contribution in [1.82, 2.24) is 14.7 Å². The Morgan fingerprint density at radius 1 is 1.23 bits per heavy atom. The third kappa shape index (κ3) is 3.50. The first-order chi connectivity index (χ1) is 10.8. The van der Waals surface area contributed by atoms with Crippen molar-refractivity contribution >= 4 is 17.5 Å². The fraction of sp³-hybridized carbons (Fsp3) is 0.412. The van der Waals surface area contributed by atoms with Gasteiger partial charge in [0, 0.05) is 18.8 Å². The van der Waals surface area contributed by atoms with Crippen molar-refractivity contribution in [2.75, 3.05) is 5.88 Å². The summed E-state index contributed by atoms with van der Waals surface area (Å²) in [6, 6.07) is 12.1. The van der Waals surface area contributed by atoms with E-state index >= 15 is 0 Å². The number of alkyl halides is 1. The molecule has 1 aromatic heterocycles. The first-order valence-corrected chi connectivity index (χ1v) is 8.23. The Bertz CT molecular complexity index is 615. The molecule has 0 fully saturated rings. The number of hydrogen-bond donors (Lipinski definition) is 0. The molecular weight excluding hydrogens is 298 g/mol. The maximum Gasteiger partial charge on any atom is 0.238 e. The summed E-state index contributed by atoms with van der Waals surface area (Å²) in [6.45, 7) is 2.06. The van der Waals surface area contributed by atoms with Gasteiger partial charge in [-0.25, -0.2) is 0 Å². The van der Waals surface area contributed by atoms with E-state index in [-0.39, 0.29) is 11.8 Å². The molecule has 116 valence electrons. The summed E-state index contributed by atoms with van der Waals surface area (Å²) in [5.41, 5.74) is 3.33. The van der Waals surface area contributed by atoms with Gasteiger partial charge in [0.15, 0.2) is 0 Å². The van der Waals surface area contributed by atoms with Crippen LogP contribution in [0.2, 0.25) is 0 Å². The van der Waals surface area contributed by atoms with Crippen LogP contribution in [0.15, 0.2) is 36.4 Å². The van der Waals surface area contributed by atoms with E-state index in [9.17, 15) is 4.79 Å². The van der Waals surface area contributed by atoms with Crippen LogP contribution in [0.5, 0.6) is 0 Å². The third-order valence-corrected chi connectivity index (χ3v) is 4.23. The quantitative estimate of drug-likeness (QED) is 0.795. The van der Waals surface area contributed by atoms with Crippen LogP contribution in [-0.2, 0) is 30.8 Å². The lowest BCUT2D eigenvalue weighted by molar-refractivity contribution is -0.129. The lowest BCUT2D eigenvalue weighted by Gasteiger charge is -2.21. The number of rotatable bonds is 5. The topological polar surface area (TPSA) is 38.1 Å². The van der Waals surface area contributed by atoms with E-state index < -0.39 is 0 Å². The van der Waals surface area contributed by atoms with E-state index in [2.05, 4.69) is 15.8 Å². The highest BCUT2D eigenvalue weighted by atomic mass is 35.5. The van der Waals surface area contributed by atoms with Crippen molar-refractivity contribution in [1.29, 1.82) is 0 Å². The zero-order chi connectivity index (χ0) is 15.4. The largest absolute Gasteiger partial charge is 0.331 e. The molecule has 2 heterocycles. The number of carbonyl (C=O) groups excluding carboxylic acids is 1. The number of aryl methyl sites for hydroxylation is 2. The molecule has 0 unspecified atom stereocenters. The first kappa shape index (κ1) is 15.1. The Morgan fingerprint density at radius 3 is 2.77 bits per heavy atom. The summed E-state index contributed by atoms with van der Waals surface area (Å²) in [6.07, 6.45) is 3.48. The number of aromatic nitrogens is 2. The van der Waals surface area contributed by atoms with Crippen LogP contribution >= 0.6 is 11.6 Å². The molecular formula is C17H20ClN3O. The molecule has 0 radical (unpaired) electrons. The second-order valence-electron chi connectivity index (χ2n) is 5.68. The molecule has 4 nitrogen and oxygen atoms in total.